The van der Waals surface area contributed by atoms with Gasteiger partial charge >= 0.3 is 5.97 Å². The molecule has 0 aromatic carbocycles. The number of aromatic carboxylic acids is 1. The number of ether oxygens (including phenoxy) is 1. The van der Waals surface area contributed by atoms with Crippen LogP contribution in [0.15, 0.2) is 11.6 Å². The van der Waals surface area contributed by atoms with E-state index in [2.05, 4.69) is 9.97 Å². The van der Waals surface area contributed by atoms with Gasteiger partial charge in [-0.1, -0.05) is 13.8 Å². The maximum Gasteiger partial charge on any atom is 0.355 e. The van der Waals surface area contributed by atoms with Crippen LogP contribution in [0.5, 0.6) is 0 Å². The number of hydrogen-bond donors (Lipinski definition) is 1. The zero-order chi connectivity index (χ0) is 14.0. The summed E-state index contributed by atoms with van der Waals surface area (Å²) in [6.45, 7) is 3.98. The van der Waals surface area contributed by atoms with Gasteiger partial charge in [0.1, 0.15) is 0 Å². The summed E-state index contributed by atoms with van der Waals surface area (Å²) in [6.07, 6.45) is 1.41. The lowest BCUT2D eigenvalue weighted by molar-refractivity contribution is 0.0600. The van der Waals surface area contributed by atoms with E-state index in [1.165, 1.54) is 22.7 Å². The van der Waals surface area contributed by atoms with Crippen molar-refractivity contribution < 1.29 is 14.6 Å². The molecule has 102 valence electrons. The zero-order valence-electron chi connectivity index (χ0n) is 10.8. The van der Waals surface area contributed by atoms with Gasteiger partial charge in [0.05, 0.1) is 11.0 Å². The van der Waals surface area contributed by atoms with Crippen molar-refractivity contribution in [3.63, 3.8) is 0 Å². The SMILES string of the molecule is COC(c1sc(-c2nccs2)nc1C(=O)O)C(C)C. The minimum absolute atomic E-state index is 0.0655. The Balaban J connectivity index is 2.50. The van der Waals surface area contributed by atoms with E-state index < -0.39 is 5.97 Å². The fraction of sp³-hybridized carbons (Fsp3) is 0.417. The van der Waals surface area contributed by atoms with E-state index in [0.717, 1.165) is 5.01 Å². The molecule has 0 aliphatic carbocycles. The number of methoxy groups -OCH3 is 1. The van der Waals surface area contributed by atoms with E-state index in [1.54, 1.807) is 13.3 Å². The first kappa shape index (κ1) is 14.1. The highest BCUT2D eigenvalue weighted by Crippen LogP contribution is 2.37. The zero-order valence-corrected chi connectivity index (χ0v) is 12.4. The number of rotatable bonds is 5. The van der Waals surface area contributed by atoms with Crippen LogP contribution in [-0.2, 0) is 4.74 Å². The molecule has 2 heterocycles. The van der Waals surface area contributed by atoms with Gasteiger partial charge in [0, 0.05) is 18.7 Å². The lowest BCUT2D eigenvalue weighted by Gasteiger charge is -2.17. The molecule has 0 aliphatic rings. The predicted molar refractivity (Wildman–Crippen MR) is 74.8 cm³/mol. The molecule has 0 bridgehead atoms. The van der Waals surface area contributed by atoms with Crippen LogP contribution in [0.4, 0.5) is 0 Å². The Morgan fingerprint density at radius 1 is 1.42 bits per heavy atom. The minimum Gasteiger partial charge on any atom is -0.476 e. The van der Waals surface area contributed by atoms with Crippen LogP contribution < -0.4 is 0 Å². The highest BCUT2D eigenvalue weighted by atomic mass is 32.1. The van der Waals surface area contributed by atoms with Crippen LogP contribution in [0.2, 0.25) is 0 Å². The first-order chi connectivity index (χ1) is 9.04. The minimum atomic E-state index is -1.03. The largest absolute Gasteiger partial charge is 0.476 e. The van der Waals surface area contributed by atoms with Gasteiger partial charge in [0.25, 0.3) is 0 Å². The number of hydrogen-bond acceptors (Lipinski definition) is 6. The predicted octanol–water partition coefficient (Wildman–Crippen LogP) is 3.31. The van der Waals surface area contributed by atoms with Crippen molar-refractivity contribution in [2.24, 2.45) is 5.92 Å². The maximum atomic E-state index is 11.3. The highest BCUT2D eigenvalue weighted by Gasteiger charge is 2.27. The summed E-state index contributed by atoms with van der Waals surface area (Å²) < 4.78 is 5.41. The molecule has 1 N–H and O–H groups in total. The number of carbonyl (C=O) groups is 1. The van der Waals surface area contributed by atoms with Gasteiger partial charge in [0.2, 0.25) is 0 Å². The molecule has 1 atom stereocenters. The molecule has 0 fully saturated rings. The second-order valence-electron chi connectivity index (χ2n) is 4.27. The highest BCUT2D eigenvalue weighted by molar-refractivity contribution is 7.20. The molecular weight excluding hydrogens is 284 g/mol. The van der Waals surface area contributed by atoms with Crippen LogP contribution in [0.1, 0.15) is 35.3 Å². The quantitative estimate of drug-likeness (QED) is 0.916. The fourth-order valence-electron chi connectivity index (χ4n) is 1.78. The van der Waals surface area contributed by atoms with Gasteiger partial charge in [-0.25, -0.2) is 14.8 Å². The summed E-state index contributed by atoms with van der Waals surface area (Å²) in [4.78, 5) is 20.3. The summed E-state index contributed by atoms with van der Waals surface area (Å²) in [7, 11) is 1.58. The van der Waals surface area contributed by atoms with Crippen molar-refractivity contribution in [1.82, 2.24) is 9.97 Å². The molecule has 5 nitrogen and oxygen atoms in total. The van der Waals surface area contributed by atoms with E-state index in [-0.39, 0.29) is 17.7 Å². The van der Waals surface area contributed by atoms with E-state index in [0.29, 0.717) is 9.88 Å². The van der Waals surface area contributed by atoms with Crippen LogP contribution in [-0.4, -0.2) is 28.2 Å². The molecule has 0 spiro atoms. The van der Waals surface area contributed by atoms with Crippen molar-refractivity contribution in [1.29, 1.82) is 0 Å². The smallest absolute Gasteiger partial charge is 0.355 e. The molecule has 1 unspecified atom stereocenters. The first-order valence-corrected chi connectivity index (χ1v) is 7.40. The molecule has 2 aromatic rings. The molecule has 0 amide bonds. The Bertz CT molecular complexity index is 564. The van der Waals surface area contributed by atoms with Crippen molar-refractivity contribution >= 4 is 28.6 Å². The van der Waals surface area contributed by atoms with E-state index in [4.69, 9.17) is 4.74 Å². The van der Waals surface area contributed by atoms with Crippen LogP contribution in [0.25, 0.3) is 10.0 Å². The van der Waals surface area contributed by atoms with E-state index >= 15 is 0 Å². The second kappa shape index (κ2) is 5.77. The van der Waals surface area contributed by atoms with Gasteiger partial charge in [-0.3, -0.25) is 0 Å². The Labute approximate surface area is 118 Å². The van der Waals surface area contributed by atoms with E-state index in [1.807, 2.05) is 19.2 Å². The second-order valence-corrected chi connectivity index (χ2v) is 6.20. The number of nitrogens with zero attached hydrogens (tertiary/aromatic N) is 2. The third-order valence-corrected chi connectivity index (χ3v) is 4.62. The van der Waals surface area contributed by atoms with Gasteiger partial charge in [-0.15, -0.1) is 22.7 Å². The molecule has 0 saturated carbocycles. The van der Waals surface area contributed by atoms with Crippen molar-refractivity contribution in [3.05, 3.63) is 22.1 Å². The third-order valence-electron chi connectivity index (χ3n) is 2.59. The Hall–Kier alpha value is -1.31. The van der Waals surface area contributed by atoms with Gasteiger partial charge < -0.3 is 9.84 Å². The van der Waals surface area contributed by atoms with Gasteiger partial charge in [-0.2, -0.15) is 0 Å². The lowest BCUT2D eigenvalue weighted by Crippen LogP contribution is -2.12. The van der Waals surface area contributed by atoms with Crippen molar-refractivity contribution in [2.45, 2.75) is 20.0 Å². The summed E-state index contributed by atoms with van der Waals surface area (Å²) in [6, 6.07) is 0. The number of carboxylic acid groups (broad SMARTS) is 1. The number of thiazole rings is 2. The molecule has 7 heteroatoms. The average molecular weight is 298 g/mol. The molecule has 0 saturated heterocycles. The van der Waals surface area contributed by atoms with Crippen LogP contribution in [0, 0.1) is 5.92 Å². The molecule has 0 radical (unpaired) electrons. The standard InChI is InChI=1S/C12H14N2O3S2/c1-6(2)8(17-3)9-7(12(15)16)14-11(19-9)10-13-4-5-18-10/h4-6,8H,1-3H3,(H,15,16). The summed E-state index contributed by atoms with van der Waals surface area (Å²) in [5.74, 6) is -0.857. The van der Waals surface area contributed by atoms with Gasteiger partial charge in [-0.05, 0) is 5.92 Å². The molecule has 0 aliphatic heterocycles. The van der Waals surface area contributed by atoms with Crippen LogP contribution >= 0.6 is 22.7 Å². The number of carboxylic acids is 1. The normalized spacial score (nSPS) is 12.8. The van der Waals surface area contributed by atoms with Crippen molar-refractivity contribution in [3.8, 4) is 10.0 Å². The monoisotopic (exact) mass is 298 g/mol. The number of aromatic nitrogens is 2. The summed E-state index contributed by atoms with van der Waals surface area (Å²) >= 11 is 2.78. The van der Waals surface area contributed by atoms with Crippen LogP contribution in [0.3, 0.4) is 0 Å². The third kappa shape index (κ3) is 2.83. The first-order valence-electron chi connectivity index (χ1n) is 5.71. The lowest BCUT2D eigenvalue weighted by atomic mass is 10.0. The Morgan fingerprint density at radius 3 is 2.63 bits per heavy atom. The summed E-state index contributed by atoms with van der Waals surface area (Å²) in [5, 5.41) is 12.5. The maximum absolute atomic E-state index is 11.3. The fourth-order valence-corrected chi connectivity index (χ4v) is 3.77. The van der Waals surface area contributed by atoms with Gasteiger partial charge in [0.15, 0.2) is 15.7 Å². The molecule has 2 rings (SSSR count). The van der Waals surface area contributed by atoms with E-state index in [9.17, 15) is 9.90 Å². The molecule has 19 heavy (non-hydrogen) atoms. The Kier molecular flexibility index (Phi) is 4.28. The Morgan fingerprint density at radius 2 is 2.16 bits per heavy atom. The van der Waals surface area contributed by atoms with Crippen molar-refractivity contribution in [2.75, 3.05) is 7.11 Å². The molecule has 2 aromatic heterocycles. The average Bonchev–Trinajstić information content (AvgIpc) is 2.97. The topological polar surface area (TPSA) is 72.3 Å². The summed E-state index contributed by atoms with van der Waals surface area (Å²) in [5.41, 5.74) is 0.0655. The molecular formula is C12H14N2O3S2.